The van der Waals surface area contributed by atoms with Crippen molar-refractivity contribution in [1.29, 1.82) is 0 Å². The van der Waals surface area contributed by atoms with Gasteiger partial charge in [0.2, 0.25) is 5.82 Å². The van der Waals surface area contributed by atoms with Gasteiger partial charge in [-0.05, 0) is 65.0 Å². The molecule has 9 heteroatoms. The van der Waals surface area contributed by atoms with E-state index in [1.807, 2.05) is 0 Å². The number of methoxy groups -OCH3 is 1. The zero-order chi connectivity index (χ0) is 22.2. The van der Waals surface area contributed by atoms with E-state index in [0.29, 0.717) is 52.8 Å². The number of ether oxygens (including phenoxy) is 1. The molecule has 0 radical (unpaired) electrons. The molecule has 164 valence electrons. The van der Waals surface area contributed by atoms with Crippen molar-refractivity contribution in [2.45, 2.75) is 25.6 Å². The Balaban J connectivity index is 1.49. The number of nitrogens with zero attached hydrogens (tertiary/aromatic N) is 3. The molecule has 0 unspecified atom stereocenters. The molecule has 31 heavy (non-hydrogen) atoms. The first-order chi connectivity index (χ1) is 14.8. The zero-order valence-electron chi connectivity index (χ0n) is 16.8. The van der Waals surface area contributed by atoms with Crippen molar-refractivity contribution in [3.8, 4) is 5.75 Å². The molecular weight excluding hydrogens is 475 g/mol. The highest BCUT2D eigenvalue weighted by Crippen LogP contribution is 2.33. The molecule has 1 saturated heterocycles. The van der Waals surface area contributed by atoms with Crippen LogP contribution in [0.15, 0.2) is 46.9 Å². The van der Waals surface area contributed by atoms with Gasteiger partial charge in [-0.2, -0.15) is 13.2 Å². The lowest BCUT2D eigenvalue weighted by atomic mass is 9.96. The van der Waals surface area contributed by atoms with E-state index in [1.165, 1.54) is 11.7 Å². The molecule has 0 atom stereocenters. The normalized spacial score (nSPS) is 15.5. The van der Waals surface area contributed by atoms with E-state index in [1.54, 1.807) is 47.4 Å². The van der Waals surface area contributed by atoms with Crippen molar-refractivity contribution in [3.05, 3.63) is 58.3 Å². The first-order valence-electron chi connectivity index (χ1n) is 9.93. The first-order valence-corrected chi connectivity index (χ1v) is 10.7. The highest BCUT2D eigenvalue weighted by atomic mass is 79.9. The lowest BCUT2D eigenvalue weighted by molar-refractivity contribution is -0.147. The first kappa shape index (κ1) is 21.7. The maximum atomic E-state index is 13.5. The standard InChI is InChI=1S/C22H21BrF3N3O2/c1-31-15-6-7-17(23)16(12-15)20(30)28-10-8-14(9-11-28)13-29-19-5-3-2-4-18(19)27-21(29)22(24,25)26/h2-7,12,14H,8-11,13H2,1H3. The van der Waals surface area contributed by atoms with Gasteiger partial charge in [0.1, 0.15) is 5.75 Å². The van der Waals surface area contributed by atoms with Crippen LogP contribution >= 0.6 is 15.9 Å². The third-order valence-corrected chi connectivity index (χ3v) is 6.35. The van der Waals surface area contributed by atoms with Crippen LogP contribution in [0.2, 0.25) is 0 Å². The number of amides is 1. The number of imidazole rings is 1. The summed E-state index contributed by atoms with van der Waals surface area (Å²) >= 11 is 3.41. The fourth-order valence-electron chi connectivity index (χ4n) is 4.02. The van der Waals surface area contributed by atoms with Crippen molar-refractivity contribution in [1.82, 2.24) is 14.5 Å². The summed E-state index contributed by atoms with van der Waals surface area (Å²) in [5.41, 5.74) is 1.33. The molecule has 2 heterocycles. The van der Waals surface area contributed by atoms with Crippen LogP contribution in [0.25, 0.3) is 11.0 Å². The van der Waals surface area contributed by atoms with Gasteiger partial charge >= 0.3 is 6.18 Å². The fraction of sp³-hybridized carbons (Fsp3) is 0.364. The van der Waals surface area contributed by atoms with E-state index < -0.39 is 12.0 Å². The summed E-state index contributed by atoms with van der Waals surface area (Å²) in [6, 6.07) is 11.9. The van der Waals surface area contributed by atoms with Crippen molar-refractivity contribution in [3.63, 3.8) is 0 Å². The Morgan fingerprint density at radius 3 is 2.58 bits per heavy atom. The second-order valence-corrected chi connectivity index (χ2v) is 8.47. The number of rotatable bonds is 4. The van der Waals surface area contributed by atoms with Gasteiger partial charge in [-0.15, -0.1) is 0 Å². The van der Waals surface area contributed by atoms with Gasteiger partial charge in [0.25, 0.3) is 5.91 Å². The predicted molar refractivity (Wildman–Crippen MR) is 114 cm³/mol. The number of para-hydroxylation sites is 2. The van der Waals surface area contributed by atoms with Gasteiger partial charge in [-0.3, -0.25) is 4.79 Å². The topological polar surface area (TPSA) is 47.4 Å². The Hall–Kier alpha value is -2.55. The van der Waals surface area contributed by atoms with Gasteiger partial charge in [0.15, 0.2) is 0 Å². The van der Waals surface area contributed by atoms with E-state index in [4.69, 9.17) is 4.74 Å². The van der Waals surface area contributed by atoms with Gasteiger partial charge in [-0.25, -0.2) is 4.98 Å². The monoisotopic (exact) mass is 495 g/mol. The molecule has 3 aromatic rings. The second kappa shape index (κ2) is 8.53. The maximum absolute atomic E-state index is 13.5. The predicted octanol–water partition coefficient (Wildman–Crippen LogP) is 5.38. The number of hydrogen-bond donors (Lipinski definition) is 0. The second-order valence-electron chi connectivity index (χ2n) is 7.61. The average molecular weight is 496 g/mol. The Bertz CT molecular complexity index is 1110. The Kier molecular flexibility index (Phi) is 5.96. The van der Waals surface area contributed by atoms with Crippen LogP contribution in [0.1, 0.15) is 29.0 Å². The largest absolute Gasteiger partial charge is 0.497 e. The molecule has 1 aromatic heterocycles. The van der Waals surface area contributed by atoms with Gasteiger partial charge in [-0.1, -0.05) is 12.1 Å². The van der Waals surface area contributed by atoms with Crippen LogP contribution in [0.3, 0.4) is 0 Å². The summed E-state index contributed by atoms with van der Waals surface area (Å²) < 4.78 is 47.8. The number of piperidine rings is 1. The zero-order valence-corrected chi connectivity index (χ0v) is 18.4. The molecule has 1 fully saturated rings. The van der Waals surface area contributed by atoms with Gasteiger partial charge in [0.05, 0.1) is 23.7 Å². The number of carbonyl (C=O) groups excluding carboxylic acids is 1. The van der Waals surface area contributed by atoms with Crippen molar-refractivity contribution >= 4 is 32.9 Å². The third kappa shape index (κ3) is 4.42. The third-order valence-electron chi connectivity index (χ3n) is 5.65. The minimum absolute atomic E-state index is 0.0245. The smallest absolute Gasteiger partial charge is 0.449 e. The van der Waals surface area contributed by atoms with E-state index >= 15 is 0 Å². The lowest BCUT2D eigenvalue weighted by Gasteiger charge is -2.33. The number of benzene rings is 2. The van der Waals surface area contributed by atoms with Gasteiger partial charge in [0, 0.05) is 24.1 Å². The van der Waals surface area contributed by atoms with E-state index in [9.17, 15) is 18.0 Å². The summed E-state index contributed by atoms with van der Waals surface area (Å²) in [5, 5.41) is 0. The van der Waals surface area contributed by atoms with Crippen LogP contribution < -0.4 is 4.74 Å². The van der Waals surface area contributed by atoms with Crippen LogP contribution in [0, 0.1) is 5.92 Å². The summed E-state index contributed by atoms with van der Waals surface area (Å²) in [4.78, 5) is 18.5. The molecule has 2 aromatic carbocycles. The lowest BCUT2D eigenvalue weighted by Crippen LogP contribution is -2.39. The van der Waals surface area contributed by atoms with Crippen LogP contribution in [-0.4, -0.2) is 40.6 Å². The number of aromatic nitrogens is 2. The maximum Gasteiger partial charge on any atom is 0.449 e. The van der Waals surface area contributed by atoms with E-state index in [2.05, 4.69) is 20.9 Å². The molecule has 0 bridgehead atoms. The number of hydrogen-bond acceptors (Lipinski definition) is 3. The van der Waals surface area contributed by atoms with Crippen LogP contribution in [-0.2, 0) is 12.7 Å². The molecule has 1 aliphatic heterocycles. The summed E-state index contributed by atoms with van der Waals surface area (Å²) in [5.74, 6) is -0.370. The molecule has 1 amide bonds. The number of halogens is 4. The average Bonchev–Trinajstić information content (AvgIpc) is 3.13. The number of fused-ring (bicyclic) bond motifs is 1. The van der Waals surface area contributed by atoms with Gasteiger partial charge < -0.3 is 14.2 Å². The summed E-state index contributed by atoms with van der Waals surface area (Å²) in [6.45, 7) is 1.20. The number of alkyl halides is 3. The van der Waals surface area contributed by atoms with E-state index in [-0.39, 0.29) is 18.4 Å². The molecular formula is C22H21BrF3N3O2. The highest BCUT2D eigenvalue weighted by molar-refractivity contribution is 9.10. The number of likely N-dealkylation sites (tertiary alicyclic amines) is 1. The molecule has 0 aliphatic carbocycles. The molecule has 4 rings (SSSR count). The minimum Gasteiger partial charge on any atom is -0.497 e. The van der Waals surface area contributed by atoms with Crippen molar-refractivity contribution in [2.24, 2.45) is 5.92 Å². The Morgan fingerprint density at radius 1 is 1.19 bits per heavy atom. The Morgan fingerprint density at radius 2 is 1.90 bits per heavy atom. The van der Waals surface area contributed by atoms with Crippen molar-refractivity contribution < 1.29 is 22.7 Å². The Labute approximate surface area is 185 Å². The van der Waals surface area contributed by atoms with Crippen LogP contribution in [0.5, 0.6) is 5.75 Å². The van der Waals surface area contributed by atoms with E-state index in [0.717, 1.165) is 0 Å². The van der Waals surface area contributed by atoms with Crippen molar-refractivity contribution in [2.75, 3.05) is 20.2 Å². The SMILES string of the molecule is COc1ccc(Br)c(C(=O)N2CCC(Cn3c(C(F)(F)F)nc4ccccc43)CC2)c1. The number of carbonyl (C=O) groups is 1. The minimum atomic E-state index is -4.52. The molecule has 1 aliphatic rings. The fourth-order valence-corrected chi connectivity index (χ4v) is 4.44. The summed E-state index contributed by atoms with van der Waals surface area (Å²) in [7, 11) is 1.54. The van der Waals surface area contributed by atoms with Crippen LogP contribution in [0.4, 0.5) is 13.2 Å². The molecule has 0 saturated carbocycles. The quantitative estimate of drug-likeness (QED) is 0.488. The molecule has 0 spiro atoms. The molecule has 0 N–H and O–H groups in total. The summed E-state index contributed by atoms with van der Waals surface area (Å²) in [6.07, 6.45) is -3.28. The highest BCUT2D eigenvalue weighted by Gasteiger charge is 2.38. The molecule has 5 nitrogen and oxygen atoms in total.